The molecule has 0 aliphatic carbocycles. The first kappa shape index (κ1) is 21.3. The molecular formula is C23H25FN3O3+. The molecule has 1 aromatic heterocycles. The molecule has 6 nitrogen and oxygen atoms in total. The minimum Gasteiger partial charge on any atom is -0.467 e. The fourth-order valence-corrected chi connectivity index (χ4v) is 3.15. The number of imide groups is 1. The van der Waals surface area contributed by atoms with Gasteiger partial charge in [0, 0.05) is 11.1 Å². The van der Waals surface area contributed by atoms with Crippen molar-refractivity contribution in [1.82, 2.24) is 10.6 Å². The zero-order valence-corrected chi connectivity index (χ0v) is 16.7. The molecule has 1 heterocycles. The van der Waals surface area contributed by atoms with Crippen molar-refractivity contribution in [2.45, 2.75) is 25.9 Å². The molecule has 30 heavy (non-hydrogen) atoms. The first-order valence-corrected chi connectivity index (χ1v) is 9.83. The Morgan fingerprint density at radius 1 is 1.07 bits per heavy atom. The Balaban J connectivity index is 1.62. The Morgan fingerprint density at radius 3 is 2.53 bits per heavy atom. The van der Waals surface area contributed by atoms with Gasteiger partial charge in [0.25, 0.3) is 5.91 Å². The average Bonchev–Trinajstić information content (AvgIpc) is 3.27. The summed E-state index contributed by atoms with van der Waals surface area (Å²) in [7, 11) is 0. The minimum absolute atomic E-state index is 0.00484. The highest BCUT2D eigenvalue weighted by Gasteiger charge is 2.20. The lowest BCUT2D eigenvalue weighted by Crippen LogP contribution is -2.88. The Morgan fingerprint density at radius 2 is 1.87 bits per heavy atom. The largest absolute Gasteiger partial charge is 0.467 e. The number of hydrogen-bond acceptors (Lipinski definition) is 3. The Hall–Kier alpha value is -3.45. The van der Waals surface area contributed by atoms with Gasteiger partial charge in [-0.3, -0.25) is 10.1 Å². The van der Waals surface area contributed by atoms with E-state index in [1.807, 2.05) is 30.3 Å². The first-order chi connectivity index (χ1) is 14.5. The van der Waals surface area contributed by atoms with Gasteiger partial charge < -0.3 is 15.1 Å². The van der Waals surface area contributed by atoms with Crippen LogP contribution in [0.5, 0.6) is 0 Å². The first-order valence-electron chi connectivity index (χ1n) is 9.83. The van der Waals surface area contributed by atoms with Crippen molar-refractivity contribution < 1.29 is 23.7 Å². The van der Waals surface area contributed by atoms with Crippen LogP contribution in [0.4, 0.5) is 9.18 Å². The third-order valence-electron chi connectivity index (χ3n) is 4.75. The van der Waals surface area contributed by atoms with Crippen LogP contribution in [-0.2, 0) is 17.8 Å². The number of carbonyl (C=O) groups excluding carboxylic acids is 2. The number of aryl methyl sites for hydroxylation is 1. The maximum absolute atomic E-state index is 13.8. The lowest BCUT2D eigenvalue weighted by Gasteiger charge is -2.17. The van der Waals surface area contributed by atoms with E-state index in [9.17, 15) is 14.0 Å². The number of furan rings is 1. The highest BCUT2D eigenvalue weighted by atomic mass is 19.1. The molecule has 2 aromatic carbocycles. The summed E-state index contributed by atoms with van der Waals surface area (Å²) in [4.78, 5) is 24.1. The molecule has 1 atom stereocenters. The fourth-order valence-electron chi connectivity index (χ4n) is 3.15. The number of carbonyl (C=O) groups is 2. The fraction of sp³-hybridized carbons (Fsp3) is 0.217. The van der Waals surface area contributed by atoms with E-state index in [0.29, 0.717) is 5.76 Å². The quantitative estimate of drug-likeness (QED) is 0.534. The van der Waals surface area contributed by atoms with Crippen molar-refractivity contribution in [3.8, 4) is 0 Å². The summed E-state index contributed by atoms with van der Waals surface area (Å²) in [5, 5.41) is 6.64. The molecule has 0 saturated carbocycles. The molecule has 0 bridgehead atoms. The molecule has 3 aromatic rings. The summed E-state index contributed by atoms with van der Waals surface area (Å²) in [6.45, 7) is 2.27. The summed E-state index contributed by atoms with van der Waals surface area (Å²) in [6.07, 6.45) is 2.43. The molecule has 0 unspecified atom stereocenters. The molecule has 0 radical (unpaired) electrons. The van der Waals surface area contributed by atoms with Crippen LogP contribution in [0.1, 0.15) is 35.4 Å². The van der Waals surface area contributed by atoms with E-state index in [1.54, 1.807) is 23.5 Å². The Labute approximate surface area is 174 Å². The highest BCUT2D eigenvalue weighted by Crippen LogP contribution is 2.20. The van der Waals surface area contributed by atoms with Crippen molar-refractivity contribution in [1.29, 1.82) is 0 Å². The molecule has 7 heteroatoms. The molecule has 0 saturated heterocycles. The number of rotatable bonds is 8. The van der Waals surface area contributed by atoms with E-state index < -0.39 is 11.9 Å². The average molecular weight is 410 g/mol. The van der Waals surface area contributed by atoms with Gasteiger partial charge in [0.2, 0.25) is 0 Å². The third-order valence-corrected chi connectivity index (χ3v) is 4.75. The van der Waals surface area contributed by atoms with Gasteiger partial charge in [-0.1, -0.05) is 43.3 Å². The van der Waals surface area contributed by atoms with E-state index in [0.717, 1.165) is 17.5 Å². The van der Waals surface area contributed by atoms with Crippen LogP contribution in [-0.4, -0.2) is 18.5 Å². The number of halogens is 1. The van der Waals surface area contributed by atoms with E-state index in [1.165, 1.54) is 24.0 Å². The lowest BCUT2D eigenvalue weighted by atomic mass is 9.97. The maximum atomic E-state index is 13.8. The number of hydrogen-bond donors (Lipinski definition) is 3. The Kier molecular flexibility index (Phi) is 7.34. The van der Waals surface area contributed by atoms with E-state index in [2.05, 4.69) is 17.6 Å². The van der Waals surface area contributed by atoms with Crippen LogP contribution in [0.3, 0.4) is 0 Å². The minimum atomic E-state index is -0.598. The zero-order chi connectivity index (χ0) is 21.3. The maximum Gasteiger partial charge on any atom is 0.321 e. The molecule has 3 amide bonds. The summed E-state index contributed by atoms with van der Waals surface area (Å²) in [5.74, 6) is -0.192. The van der Waals surface area contributed by atoms with Gasteiger partial charge in [0.05, 0.1) is 12.8 Å². The summed E-state index contributed by atoms with van der Waals surface area (Å²) < 4.78 is 18.9. The SMILES string of the molecule is CCc1ccc([C@@H]([NH2+]CC(=O)NC(=O)NCc2ccco2)c2cccc(F)c2)cc1. The molecule has 0 aliphatic heterocycles. The van der Waals surface area contributed by atoms with Crippen molar-refractivity contribution in [3.05, 3.63) is 95.2 Å². The summed E-state index contributed by atoms with van der Waals surface area (Å²) >= 11 is 0. The molecule has 0 spiro atoms. The highest BCUT2D eigenvalue weighted by molar-refractivity contribution is 5.94. The van der Waals surface area contributed by atoms with Crippen LogP contribution in [0.2, 0.25) is 0 Å². The van der Waals surface area contributed by atoms with Gasteiger partial charge in [-0.05, 0) is 36.2 Å². The second kappa shape index (κ2) is 10.4. The van der Waals surface area contributed by atoms with Gasteiger partial charge in [0.15, 0.2) is 6.54 Å². The van der Waals surface area contributed by atoms with E-state index >= 15 is 0 Å². The van der Waals surface area contributed by atoms with E-state index in [4.69, 9.17) is 4.42 Å². The number of benzene rings is 2. The van der Waals surface area contributed by atoms with E-state index in [-0.39, 0.29) is 24.9 Å². The van der Waals surface area contributed by atoms with Gasteiger partial charge in [-0.25, -0.2) is 9.18 Å². The van der Waals surface area contributed by atoms with Crippen LogP contribution < -0.4 is 16.0 Å². The Bertz CT molecular complexity index is 972. The molecule has 0 fully saturated rings. The van der Waals surface area contributed by atoms with Crippen LogP contribution in [0, 0.1) is 5.82 Å². The van der Waals surface area contributed by atoms with Gasteiger partial charge >= 0.3 is 6.03 Å². The molecule has 3 rings (SSSR count). The number of urea groups is 1. The van der Waals surface area contributed by atoms with Crippen LogP contribution >= 0.6 is 0 Å². The van der Waals surface area contributed by atoms with Crippen molar-refractivity contribution in [2.24, 2.45) is 0 Å². The monoisotopic (exact) mass is 410 g/mol. The predicted octanol–water partition coefficient (Wildman–Crippen LogP) is 2.66. The number of nitrogens with one attached hydrogen (secondary N) is 2. The normalized spacial score (nSPS) is 11.7. The molecule has 156 valence electrons. The zero-order valence-electron chi connectivity index (χ0n) is 16.7. The van der Waals surface area contributed by atoms with Crippen molar-refractivity contribution in [2.75, 3.05) is 6.54 Å². The number of nitrogens with two attached hydrogens (primary N) is 1. The molecule has 0 aliphatic rings. The van der Waals surface area contributed by atoms with Crippen LogP contribution in [0.25, 0.3) is 0 Å². The smallest absolute Gasteiger partial charge is 0.321 e. The summed E-state index contributed by atoms with van der Waals surface area (Å²) in [6, 6.07) is 16.9. The number of quaternary nitrogens is 1. The van der Waals surface area contributed by atoms with Gasteiger partial charge in [-0.15, -0.1) is 0 Å². The van der Waals surface area contributed by atoms with Gasteiger partial charge in [-0.2, -0.15) is 0 Å². The van der Waals surface area contributed by atoms with Crippen molar-refractivity contribution >= 4 is 11.9 Å². The van der Waals surface area contributed by atoms with Gasteiger partial charge in [0.1, 0.15) is 17.6 Å². The predicted molar refractivity (Wildman–Crippen MR) is 110 cm³/mol. The third kappa shape index (κ3) is 6.02. The number of amides is 3. The summed E-state index contributed by atoms with van der Waals surface area (Å²) in [5.41, 5.74) is 2.89. The molecule has 4 N–H and O–H groups in total. The van der Waals surface area contributed by atoms with Crippen molar-refractivity contribution in [3.63, 3.8) is 0 Å². The second-order valence-electron chi connectivity index (χ2n) is 6.88. The lowest BCUT2D eigenvalue weighted by molar-refractivity contribution is -0.676. The molecular weight excluding hydrogens is 385 g/mol. The second-order valence-corrected chi connectivity index (χ2v) is 6.88. The van der Waals surface area contributed by atoms with Crippen LogP contribution in [0.15, 0.2) is 71.3 Å². The topological polar surface area (TPSA) is 88.0 Å². The standard InChI is InChI=1S/C23H24FN3O3/c1-2-16-8-10-17(11-9-16)22(18-5-3-6-19(24)13-18)25-15-21(28)27-23(29)26-14-20-7-4-12-30-20/h3-13,22,25H,2,14-15H2,1H3,(H2,26,27,28,29)/p+1/t22-/m1/s1.